The van der Waals surface area contributed by atoms with Gasteiger partial charge in [0, 0.05) is 8.95 Å². The van der Waals surface area contributed by atoms with Crippen molar-refractivity contribution in [3.63, 3.8) is 0 Å². The first kappa shape index (κ1) is 12.9. The van der Waals surface area contributed by atoms with Crippen LogP contribution >= 0.6 is 31.9 Å². The van der Waals surface area contributed by atoms with Crippen LogP contribution < -0.4 is 0 Å². The molecule has 3 heteroatoms. The Kier molecular flexibility index (Phi) is 5.03. The first-order valence-corrected chi connectivity index (χ1v) is 6.39. The van der Waals surface area contributed by atoms with Crippen LogP contribution in [0.2, 0.25) is 0 Å². The molecule has 1 nitrogen and oxygen atoms in total. The fourth-order valence-corrected chi connectivity index (χ4v) is 1.85. The van der Waals surface area contributed by atoms with Crippen LogP contribution in [0.4, 0.5) is 0 Å². The standard InChI is InChI=1S/C12H14Br2O/c1-8(2)10(7-15)5-9-3-4-11(13)12(14)6-9/h3-6,8,15H,7H2,1-2H3/b10-5+. The topological polar surface area (TPSA) is 20.2 Å². The van der Waals surface area contributed by atoms with Gasteiger partial charge in [-0.15, -0.1) is 0 Å². The second kappa shape index (κ2) is 5.83. The van der Waals surface area contributed by atoms with E-state index in [0.717, 1.165) is 20.1 Å². The molecule has 0 bridgehead atoms. The van der Waals surface area contributed by atoms with Crippen molar-refractivity contribution in [1.82, 2.24) is 0 Å². The lowest BCUT2D eigenvalue weighted by Gasteiger charge is -2.08. The van der Waals surface area contributed by atoms with Gasteiger partial charge in [-0.25, -0.2) is 0 Å². The average molecular weight is 334 g/mol. The van der Waals surface area contributed by atoms with Crippen LogP contribution in [-0.4, -0.2) is 11.7 Å². The maximum absolute atomic E-state index is 9.19. The molecular weight excluding hydrogens is 320 g/mol. The third-order valence-electron chi connectivity index (χ3n) is 2.22. The summed E-state index contributed by atoms with van der Waals surface area (Å²) in [6, 6.07) is 6.04. The lowest BCUT2D eigenvalue weighted by Crippen LogP contribution is -1.98. The Morgan fingerprint density at radius 3 is 2.47 bits per heavy atom. The minimum Gasteiger partial charge on any atom is -0.392 e. The highest BCUT2D eigenvalue weighted by atomic mass is 79.9. The van der Waals surface area contributed by atoms with Gasteiger partial charge in [-0.05, 0) is 61.0 Å². The maximum Gasteiger partial charge on any atom is 0.0647 e. The predicted octanol–water partition coefficient (Wildman–Crippen LogP) is 4.24. The molecule has 15 heavy (non-hydrogen) atoms. The Labute approximate surface area is 107 Å². The number of aliphatic hydroxyl groups is 1. The van der Waals surface area contributed by atoms with Gasteiger partial charge in [0.05, 0.1) is 6.61 Å². The zero-order valence-corrected chi connectivity index (χ0v) is 12.0. The molecule has 1 aromatic carbocycles. The summed E-state index contributed by atoms with van der Waals surface area (Å²) >= 11 is 6.88. The van der Waals surface area contributed by atoms with E-state index in [4.69, 9.17) is 0 Å². The molecule has 0 amide bonds. The second-order valence-electron chi connectivity index (χ2n) is 3.71. The maximum atomic E-state index is 9.19. The van der Waals surface area contributed by atoms with Crippen molar-refractivity contribution in [3.05, 3.63) is 38.3 Å². The number of benzene rings is 1. The summed E-state index contributed by atoms with van der Waals surface area (Å²) in [5, 5.41) is 9.19. The van der Waals surface area contributed by atoms with E-state index in [2.05, 4.69) is 45.7 Å². The molecule has 0 fully saturated rings. The van der Waals surface area contributed by atoms with Gasteiger partial charge in [-0.3, -0.25) is 0 Å². The number of aliphatic hydroxyl groups excluding tert-OH is 1. The normalized spacial score (nSPS) is 12.3. The van der Waals surface area contributed by atoms with Gasteiger partial charge in [0.15, 0.2) is 0 Å². The van der Waals surface area contributed by atoms with Crippen LogP contribution in [0.15, 0.2) is 32.7 Å². The minimum absolute atomic E-state index is 0.116. The molecule has 0 radical (unpaired) electrons. The van der Waals surface area contributed by atoms with Crippen LogP contribution in [0.5, 0.6) is 0 Å². The van der Waals surface area contributed by atoms with Crippen molar-refractivity contribution in [2.24, 2.45) is 5.92 Å². The van der Waals surface area contributed by atoms with Crippen molar-refractivity contribution >= 4 is 37.9 Å². The van der Waals surface area contributed by atoms with Crippen LogP contribution in [0.1, 0.15) is 19.4 Å². The van der Waals surface area contributed by atoms with Crippen molar-refractivity contribution < 1.29 is 5.11 Å². The first-order valence-electron chi connectivity index (χ1n) is 4.81. The molecule has 1 aromatic rings. The Morgan fingerprint density at radius 1 is 1.33 bits per heavy atom. The highest BCUT2D eigenvalue weighted by Crippen LogP contribution is 2.25. The number of hydrogen-bond donors (Lipinski definition) is 1. The highest BCUT2D eigenvalue weighted by Gasteiger charge is 2.02. The number of rotatable bonds is 3. The summed E-state index contributed by atoms with van der Waals surface area (Å²) in [5.41, 5.74) is 2.15. The molecule has 0 aliphatic carbocycles. The molecule has 0 atom stereocenters. The van der Waals surface area contributed by atoms with E-state index in [1.165, 1.54) is 0 Å². The largest absolute Gasteiger partial charge is 0.392 e. The molecule has 0 unspecified atom stereocenters. The second-order valence-corrected chi connectivity index (χ2v) is 5.41. The van der Waals surface area contributed by atoms with Gasteiger partial charge in [-0.1, -0.05) is 26.0 Å². The summed E-state index contributed by atoms with van der Waals surface area (Å²) in [4.78, 5) is 0. The van der Waals surface area contributed by atoms with Crippen LogP contribution in [-0.2, 0) is 0 Å². The fourth-order valence-electron chi connectivity index (χ4n) is 1.21. The summed E-state index contributed by atoms with van der Waals surface area (Å²) in [6.07, 6.45) is 2.03. The summed E-state index contributed by atoms with van der Waals surface area (Å²) in [6.45, 7) is 4.28. The SMILES string of the molecule is CC(C)/C(=C/c1ccc(Br)c(Br)c1)CO. The molecule has 0 aliphatic heterocycles. The molecular formula is C12H14Br2O. The van der Waals surface area contributed by atoms with E-state index < -0.39 is 0 Å². The average Bonchev–Trinajstić information content (AvgIpc) is 2.19. The van der Waals surface area contributed by atoms with Crippen molar-refractivity contribution in [1.29, 1.82) is 0 Å². The summed E-state index contributed by atoms with van der Waals surface area (Å²) in [5.74, 6) is 0.373. The lowest BCUT2D eigenvalue weighted by atomic mass is 10.0. The molecule has 0 aliphatic rings. The van der Waals surface area contributed by atoms with E-state index >= 15 is 0 Å². The number of halogens is 2. The van der Waals surface area contributed by atoms with Gasteiger partial charge in [0.25, 0.3) is 0 Å². The molecule has 0 spiro atoms. The highest BCUT2D eigenvalue weighted by molar-refractivity contribution is 9.13. The predicted molar refractivity (Wildman–Crippen MR) is 71.7 cm³/mol. The zero-order valence-electron chi connectivity index (χ0n) is 8.80. The van der Waals surface area contributed by atoms with Gasteiger partial charge < -0.3 is 5.11 Å². The third kappa shape index (κ3) is 3.74. The monoisotopic (exact) mass is 332 g/mol. The Hall–Kier alpha value is -0.120. The van der Waals surface area contributed by atoms with Crippen molar-refractivity contribution in [2.75, 3.05) is 6.61 Å². The zero-order chi connectivity index (χ0) is 11.4. The number of hydrogen-bond acceptors (Lipinski definition) is 1. The van der Waals surface area contributed by atoms with Crippen LogP contribution in [0.25, 0.3) is 6.08 Å². The Morgan fingerprint density at radius 2 is 2.00 bits per heavy atom. The van der Waals surface area contributed by atoms with Crippen molar-refractivity contribution in [3.8, 4) is 0 Å². The van der Waals surface area contributed by atoms with Gasteiger partial charge in [-0.2, -0.15) is 0 Å². The smallest absolute Gasteiger partial charge is 0.0647 e. The third-order valence-corrected chi connectivity index (χ3v) is 4.10. The quantitative estimate of drug-likeness (QED) is 0.877. The fraction of sp³-hybridized carbons (Fsp3) is 0.333. The van der Waals surface area contributed by atoms with Gasteiger partial charge in [0.2, 0.25) is 0 Å². The molecule has 82 valence electrons. The van der Waals surface area contributed by atoms with Crippen LogP contribution in [0, 0.1) is 5.92 Å². The molecule has 0 saturated carbocycles. The van der Waals surface area contributed by atoms with E-state index in [1.807, 2.05) is 24.3 Å². The molecule has 0 aromatic heterocycles. The van der Waals surface area contributed by atoms with Crippen molar-refractivity contribution in [2.45, 2.75) is 13.8 Å². The molecule has 1 N–H and O–H groups in total. The van der Waals surface area contributed by atoms with E-state index in [0.29, 0.717) is 5.92 Å². The lowest BCUT2D eigenvalue weighted by molar-refractivity contribution is 0.320. The molecule has 1 rings (SSSR count). The van der Waals surface area contributed by atoms with E-state index in [-0.39, 0.29) is 6.61 Å². The minimum atomic E-state index is 0.116. The molecule has 0 heterocycles. The molecule has 0 saturated heterocycles. The van der Waals surface area contributed by atoms with E-state index in [1.54, 1.807) is 0 Å². The Bertz CT molecular complexity index is 370. The van der Waals surface area contributed by atoms with Gasteiger partial charge >= 0.3 is 0 Å². The van der Waals surface area contributed by atoms with Crippen LogP contribution in [0.3, 0.4) is 0 Å². The summed E-state index contributed by atoms with van der Waals surface area (Å²) < 4.78 is 2.06. The van der Waals surface area contributed by atoms with Gasteiger partial charge in [0.1, 0.15) is 0 Å². The summed E-state index contributed by atoms with van der Waals surface area (Å²) in [7, 11) is 0. The Balaban J connectivity index is 3.01. The van der Waals surface area contributed by atoms with E-state index in [9.17, 15) is 5.11 Å². The first-order chi connectivity index (χ1) is 7.04.